The third-order valence-electron chi connectivity index (χ3n) is 1.79. The Hall–Kier alpha value is -1.46. The molecule has 0 radical (unpaired) electrons. The van der Waals surface area contributed by atoms with E-state index in [1.807, 2.05) is 19.1 Å². The van der Waals surface area contributed by atoms with Gasteiger partial charge in [0.15, 0.2) is 0 Å². The van der Waals surface area contributed by atoms with E-state index in [-0.39, 0.29) is 0 Å². The molecule has 78 valence electrons. The average Bonchev–Trinajstić information content (AvgIpc) is 2.19. The van der Waals surface area contributed by atoms with Gasteiger partial charge in [-0.25, -0.2) is 0 Å². The van der Waals surface area contributed by atoms with E-state index in [2.05, 4.69) is 12.6 Å². The van der Waals surface area contributed by atoms with Crippen molar-refractivity contribution in [2.45, 2.75) is 13.3 Å². The van der Waals surface area contributed by atoms with Crippen LogP contribution in [0.1, 0.15) is 12.5 Å². The number of benzene rings is 1. The summed E-state index contributed by atoms with van der Waals surface area (Å²) in [6, 6.07) is 7.49. The van der Waals surface area contributed by atoms with Gasteiger partial charge in [0.05, 0.1) is 17.5 Å². The minimum Gasteiger partial charge on any atom is -0.488 e. The largest absolute Gasteiger partial charge is 0.488 e. The summed E-state index contributed by atoms with van der Waals surface area (Å²) in [7, 11) is 0. The molecule has 0 saturated carbocycles. The Labute approximate surface area is 94.7 Å². The minimum atomic E-state index is 0.295. The van der Waals surface area contributed by atoms with Crippen molar-refractivity contribution >= 4 is 11.6 Å². The van der Waals surface area contributed by atoms with Crippen molar-refractivity contribution in [1.82, 2.24) is 0 Å². The molecule has 0 amide bonds. The summed E-state index contributed by atoms with van der Waals surface area (Å²) in [5.41, 5.74) is 1.72. The summed E-state index contributed by atoms with van der Waals surface area (Å²) in [5, 5.41) is 9.10. The Bertz CT molecular complexity index is 407. The van der Waals surface area contributed by atoms with Crippen LogP contribution >= 0.6 is 11.6 Å². The third-order valence-corrected chi connectivity index (χ3v) is 2.22. The van der Waals surface area contributed by atoms with Gasteiger partial charge in [-0.3, -0.25) is 0 Å². The van der Waals surface area contributed by atoms with Crippen LogP contribution in [-0.4, -0.2) is 6.61 Å². The number of ether oxygens (including phenoxy) is 1. The number of rotatable bonds is 4. The van der Waals surface area contributed by atoms with Gasteiger partial charge in [0.25, 0.3) is 0 Å². The zero-order valence-corrected chi connectivity index (χ0v) is 9.34. The normalized spacial score (nSPS) is 9.40. The number of hydrogen-bond donors (Lipinski definition) is 0. The van der Waals surface area contributed by atoms with E-state index in [0.29, 0.717) is 23.8 Å². The highest BCUT2D eigenvalue weighted by molar-refractivity contribution is 6.32. The molecule has 0 N–H and O–H groups in total. The molecule has 1 rings (SSSR count). The molecule has 1 aromatic carbocycles. The van der Waals surface area contributed by atoms with Crippen molar-refractivity contribution in [3.05, 3.63) is 40.9 Å². The molecule has 0 aromatic heterocycles. The van der Waals surface area contributed by atoms with Gasteiger partial charge in [0.2, 0.25) is 0 Å². The van der Waals surface area contributed by atoms with Crippen LogP contribution in [0.25, 0.3) is 0 Å². The van der Waals surface area contributed by atoms with Crippen molar-refractivity contribution in [2.75, 3.05) is 6.61 Å². The first kappa shape index (κ1) is 11.6. The zero-order valence-electron chi connectivity index (χ0n) is 8.59. The van der Waals surface area contributed by atoms with Crippen molar-refractivity contribution in [2.24, 2.45) is 0 Å². The molecular formula is C12H12ClNO. The molecule has 3 heteroatoms. The fraction of sp³-hybridized carbons (Fsp3) is 0.250. The van der Waals surface area contributed by atoms with E-state index in [9.17, 15) is 0 Å². The van der Waals surface area contributed by atoms with E-state index in [1.165, 1.54) is 0 Å². The fourth-order valence-electron chi connectivity index (χ4n) is 1.09. The van der Waals surface area contributed by atoms with Crippen LogP contribution in [0, 0.1) is 11.3 Å². The monoisotopic (exact) mass is 221 g/mol. The number of nitriles is 1. The number of nitrogens with zero attached hydrogens (tertiary/aromatic N) is 1. The second-order valence-electron chi connectivity index (χ2n) is 3.31. The molecule has 2 nitrogen and oxygen atoms in total. The van der Waals surface area contributed by atoms with E-state index < -0.39 is 0 Å². The van der Waals surface area contributed by atoms with Crippen molar-refractivity contribution in [3.63, 3.8) is 0 Å². The second kappa shape index (κ2) is 5.43. The smallest absolute Gasteiger partial charge is 0.138 e. The highest BCUT2D eigenvalue weighted by atomic mass is 35.5. The topological polar surface area (TPSA) is 33.0 Å². The Morgan fingerprint density at radius 3 is 2.93 bits per heavy atom. The predicted molar refractivity (Wildman–Crippen MR) is 61.1 cm³/mol. The first-order valence-electron chi connectivity index (χ1n) is 4.56. The van der Waals surface area contributed by atoms with Crippen LogP contribution in [0.2, 0.25) is 5.02 Å². The molecule has 0 saturated heterocycles. The molecule has 0 aliphatic carbocycles. The molecule has 0 heterocycles. The molecule has 0 bridgehead atoms. The Balaban J connectivity index is 2.85. The quantitative estimate of drug-likeness (QED) is 0.731. The number of hydrogen-bond acceptors (Lipinski definition) is 2. The summed E-state index contributed by atoms with van der Waals surface area (Å²) in [6.07, 6.45) is 0.295. The predicted octanol–water partition coefficient (Wildman–Crippen LogP) is 3.36. The summed E-state index contributed by atoms with van der Waals surface area (Å²) in [6.45, 7) is 6.06. The summed E-state index contributed by atoms with van der Waals surface area (Å²) < 4.78 is 5.44. The maximum Gasteiger partial charge on any atom is 0.138 e. The van der Waals surface area contributed by atoms with Gasteiger partial charge < -0.3 is 4.74 Å². The lowest BCUT2D eigenvalue weighted by Crippen LogP contribution is -1.99. The second-order valence-corrected chi connectivity index (χ2v) is 3.69. The maximum absolute atomic E-state index is 8.59. The maximum atomic E-state index is 8.59. The SMILES string of the molecule is C=C(C)COc1cccc(CC#N)c1Cl. The first-order valence-corrected chi connectivity index (χ1v) is 4.94. The lowest BCUT2D eigenvalue weighted by atomic mass is 10.1. The molecule has 0 aliphatic heterocycles. The van der Waals surface area contributed by atoms with Crippen LogP contribution in [0.5, 0.6) is 5.75 Å². The number of halogens is 1. The van der Waals surface area contributed by atoms with Gasteiger partial charge in [-0.1, -0.05) is 30.3 Å². The zero-order chi connectivity index (χ0) is 11.3. The molecule has 0 spiro atoms. The Morgan fingerprint density at radius 2 is 2.33 bits per heavy atom. The van der Waals surface area contributed by atoms with E-state index in [4.69, 9.17) is 21.6 Å². The van der Waals surface area contributed by atoms with Crippen molar-refractivity contribution in [3.8, 4) is 11.8 Å². The lowest BCUT2D eigenvalue weighted by molar-refractivity contribution is 0.352. The molecule has 0 atom stereocenters. The van der Waals surface area contributed by atoms with E-state index in [1.54, 1.807) is 6.07 Å². The Kier molecular flexibility index (Phi) is 4.20. The molecule has 15 heavy (non-hydrogen) atoms. The van der Waals surface area contributed by atoms with Crippen molar-refractivity contribution < 1.29 is 4.74 Å². The molecular weight excluding hydrogens is 210 g/mol. The summed E-state index contributed by atoms with van der Waals surface area (Å²) >= 11 is 6.07. The van der Waals surface area contributed by atoms with E-state index >= 15 is 0 Å². The van der Waals surface area contributed by atoms with Gasteiger partial charge >= 0.3 is 0 Å². The standard InChI is InChI=1S/C12H12ClNO/c1-9(2)8-15-11-5-3-4-10(6-7-14)12(11)13/h3-5H,1,6,8H2,2H3. The van der Waals surface area contributed by atoms with Gasteiger partial charge in [-0.2, -0.15) is 5.26 Å². The highest BCUT2D eigenvalue weighted by Gasteiger charge is 2.06. The third kappa shape index (κ3) is 3.30. The van der Waals surface area contributed by atoms with Crippen molar-refractivity contribution in [1.29, 1.82) is 5.26 Å². The fourth-order valence-corrected chi connectivity index (χ4v) is 1.34. The molecule has 0 aliphatic rings. The van der Waals surface area contributed by atoms with Gasteiger partial charge in [-0.15, -0.1) is 0 Å². The van der Waals surface area contributed by atoms with Crippen LogP contribution in [0.4, 0.5) is 0 Å². The summed E-state index contributed by atoms with van der Waals surface area (Å²) in [5.74, 6) is 0.604. The average molecular weight is 222 g/mol. The summed E-state index contributed by atoms with van der Waals surface area (Å²) in [4.78, 5) is 0. The molecule has 0 unspecified atom stereocenters. The molecule has 0 fully saturated rings. The van der Waals surface area contributed by atoms with Crippen LogP contribution in [0.3, 0.4) is 0 Å². The molecule has 1 aromatic rings. The van der Waals surface area contributed by atoms with Gasteiger partial charge in [-0.05, 0) is 24.1 Å². The van der Waals surface area contributed by atoms with Crippen LogP contribution in [-0.2, 0) is 6.42 Å². The van der Waals surface area contributed by atoms with E-state index in [0.717, 1.165) is 11.1 Å². The highest BCUT2D eigenvalue weighted by Crippen LogP contribution is 2.28. The van der Waals surface area contributed by atoms with Crippen LogP contribution < -0.4 is 4.74 Å². The lowest BCUT2D eigenvalue weighted by Gasteiger charge is -2.09. The van der Waals surface area contributed by atoms with Crippen LogP contribution in [0.15, 0.2) is 30.4 Å². The minimum absolute atomic E-state index is 0.295. The van der Waals surface area contributed by atoms with Gasteiger partial charge in [0.1, 0.15) is 12.4 Å². The van der Waals surface area contributed by atoms with Gasteiger partial charge in [0, 0.05) is 0 Å². The first-order chi connectivity index (χ1) is 7.15. The Morgan fingerprint density at radius 1 is 1.60 bits per heavy atom.